The smallest absolute Gasteiger partial charge is 0.417 e. The first-order chi connectivity index (χ1) is 9.74. The number of hydrogen-bond acceptors (Lipinski definition) is 3. The zero-order valence-corrected chi connectivity index (χ0v) is 12.2. The Balaban J connectivity index is 2.55. The molecule has 0 fully saturated rings. The number of carboxylic acid groups (broad SMARTS) is 1. The number of aryl methyl sites for hydroxylation is 1. The third-order valence-electron chi connectivity index (χ3n) is 2.75. The second-order valence-corrected chi connectivity index (χ2v) is 5.00. The van der Waals surface area contributed by atoms with Gasteiger partial charge in [0.2, 0.25) is 11.7 Å². The summed E-state index contributed by atoms with van der Waals surface area (Å²) in [6.45, 7) is 1.68. The van der Waals surface area contributed by atoms with Gasteiger partial charge in [-0.3, -0.25) is 0 Å². The number of rotatable bonds is 3. The van der Waals surface area contributed by atoms with Crippen LogP contribution in [0.25, 0.3) is 11.5 Å². The molecule has 0 amide bonds. The second kappa shape index (κ2) is 5.51. The molecule has 2 aromatic rings. The fourth-order valence-electron chi connectivity index (χ4n) is 1.76. The van der Waals surface area contributed by atoms with Gasteiger partial charge in [-0.25, -0.2) is 9.78 Å². The van der Waals surface area contributed by atoms with Gasteiger partial charge in [0.1, 0.15) is 0 Å². The largest absolute Gasteiger partial charge is 0.475 e. The maximum Gasteiger partial charge on any atom is 0.417 e. The third-order valence-corrected chi connectivity index (χ3v) is 3.44. The minimum Gasteiger partial charge on any atom is -0.475 e. The van der Waals surface area contributed by atoms with Gasteiger partial charge in [0, 0.05) is 10.0 Å². The molecule has 112 valence electrons. The molecule has 0 saturated heterocycles. The second-order valence-electron chi connectivity index (χ2n) is 4.15. The maximum atomic E-state index is 12.8. The van der Waals surface area contributed by atoms with Crippen molar-refractivity contribution in [2.75, 3.05) is 0 Å². The molecule has 1 heterocycles. The van der Waals surface area contributed by atoms with E-state index in [0.717, 1.165) is 6.07 Å². The van der Waals surface area contributed by atoms with E-state index in [1.807, 2.05) is 0 Å². The average Bonchev–Trinajstić information content (AvgIpc) is 2.82. The van der Waals surface area contributed by atoms with Gasteiger partial charge in [-0.1, -0.05) is 22.9 Å². The molecule has 1 N–H and O–H groups in total. The lowest BCUT2D eigenvalue weighted by atomic mass is 10.1. The standard InChI is InChI=1S/C13H9BrF3NO3/c1-2-9-10(12(19)20)21-11(18-9)6-3-4-8(14)7(5-6)13(15,16)17/h3-5H,2H2,1H3,(H,19,20). The normalized spacial score (nSPS) is 11.7. The van der Waals surface area contributed by atoms with E-state index in [2.05, 4.69) is 20.9 Å². The predicted molar refractivity (Wildman–Crippen MR) is 71.0 cm³/mol. The summed E-state index contributed by atoms with van der Waals surface area (Å²) in [4.78, 5) is 14.9. The van der Waals surface area contributed by atoms with Crippen molar-refractivity contribution >= 4 is 21.9 Å². The molecule has 0 aliphatic carbocycles. The highest BCUT2D eigenvalue weighted by Crippen LogP contribution is 2.37. The van der Waals surface area contributed by atoms with Crippen molar-refractivity contribution in [2.24, 2.45) is 0 Å². The summed E-state index contributed by atoms with van der Waals surface area (Å²) >= 11 is 2.83. The molecular formula is C13H9BrF3NO3. The number of aromatic nitrogens is 1. The molecule has 0 radical (unpaired) electrons. The van der Waals surface area contributed by atoms with Gasteiger partial charge in [-0.2, -0.15) is 13.2 Å². The first-order valence-electron chi connectivity index (χ1n) is 5.84. The highest BCUT2D eigenvalue weighted by Gasteiger charge is 2.33. The monoisotopic (exact) mass is 363 g/mol. The Bertz CT molecular complexity index is 694. The quantitative estimate of drug-likeness (QED) is 0.878. The topological polar surface area (TPSA) is 63.3 Å². The molecule has 21 heavy (non-hydrogen) atoms. The lowest BCUT2D eigenvalue weighted by molar-refractivity contribution is -0.138. The van der Waals surface area contributed by atoms with Gasteiger partial charge < -0.3 is 9.52 Å². The van der Waals surface area contributed by atoms with Crippen LogP contribution in [-0.2, 0) is 12.6 Å². The zero-order valence-electron chi connectivity index (χ0n) is 10.7. The van der Waals surface area contributed by atoms with Crippen molar-refractivity contribution in [2.45, 2.75) is 19.5 Å². The summed E-state index contributed by atoms with van der Waals surface area (Å²) < 4.78 is 43.5. The van der Waals surface area contributed by atoms with E-state index in [0.29, 0.717) is 6.42 Å². The number of hydrogen-bond donors (Lipinski definition) is 1. The van der Waals surface area contributed by atoms with Crippen LogP contribution >= 0.6 is 15.9 Å². The van der Waals surface area contributed by atoms with Crippen LogP contribution in [-0.4, -0.2) is 16.1 Å². The van der Waals surface area contributed by atoms with E-state index in [9.17, 15) is 18.0 Å². The van der Waals surface area contributed by atoms with E-state index in [1.54, 1.807) is 6.92 Å². The Kier molecular flexibility index (Phi) is 4.08. The average molecular weight is 364 g/mol. The van der Waals surface area contributed by atoms with Gasteiger partial charge in [0.05, 0.1) is 11.3 Å². The zero-order chi connectivity index (χ0) is 15.8. The van der Waals surface area contributed by atoms with Crippen LogP contribution in [0.5, 0.6) is 0 Å². The highest BCUT2D eigenvalue weighted by molar-refractivity contribution is 9.10. The SMILES string of the molecule is CCc1nc(-c2ccc(Br)c(C(F)(F)F)c2)oc1C(=O)O. The number of alkyl halides is 3. The van der Waals surface area contributed by atoms with E-state index in [-0.39, 0.29) is 27.4 Å². The Morgan fingerprint density at radius 2 is 2.10 bits per heavy atom. The lowest BCUT2D eigenvalue weighted by Crippen LogP contribution is -2.06. The number of carbonyl (C=O) groups is 1. The maximum absolute atomic E-state index is 12.8. The Labute approximate surface area is 125 Å². The summed E-state index contributed by atoms with van der Waals surface area (Å²) in [5, 5.41) is 8.96. The number of oxazole rings is 1. The third kappa shape index (κ3) is 3.10. The summed E-state index contributed by atoms with van der Waals surface area (Å²) in [6, 6.07) is 3.45. The van der Waals surface area contributed by atoms with Crippen LogP contribution in [0.1, 0.15) is 28.7 Å². The number of benzene rings is 1. The molecule has 0 bridgehead atoms. The van der Waals surface area contributed by atoms with Crippen molar-refractivity contribution < 1.29 is 27.5 Å². The van der Waals surface area contributed by atoms with Gasteiger partial charge in [-0.05, 0) is 24.6 Å². The minimum absolute atomic E-state index is 0.0627. The number of halogens is 4. The van der Waals surface area contributed by atoms with E-state index in [1.165, 1.54) is 12.1 Å². The first kappa shape index (κ1) is 15.6. The molecule has 8 heteroatoms. The molecule has 0 unspecified atom stereocenters. The fraction of sp³-hybridized carbons (Fsp3) is 0.231. The predicted octanol–water partition coefficient (Wildman–Crippen LogP) is 4.38. The summed E-state index contributed by atoms with van der Waals surface area (Å²) in [6.07, 6.45) is -4.24. The molecule has 1 aromatic carbocycles. The van der Waals surface area contributed by atoms with Crippen LogP contribution in [0, 0.1) is 0 Å². The van der Waals surface area contributed by atoms with Crippen LogP contribution in [0.3, 0.4) is 0 Å². The van der Waals surface area contributed by atoms with Crippen molar-refractivity contribution in [1.29, 1.82) is 0 Å². The molecule has 0 aliphatic rings. The van der Waals surface area contributed by atoms with E-state index in [4.69, 9.17) is 9.52 Å². The van der Waals surface area contributed by atoms with E-state index < -0.39 is 17.7 Å². The van der Waals surface area contributed by atoms with E-state index >= 15 is 0 Å². The first-order valence-corrected chi connectivity index (χ1v) is 6.63. The van der Waals surface area contributed by atoms with Crippen LogP contribution in [0.15, 0.2) is 27.1 Å². The molecule has 2 rings (SSSR count). The molecule has 1 aromatic heterocycles. The van der Waals surface area contributed by atoms with Gasteiger partial charge in [0.15, 0.2) is 0 Å². The minimum atomic E-state index is -4.54. The van der Waals surface area contributed by atoms with Gasteiger partial charge in [0.25, 0.3) is 0 Å². The summed E-state index contributed by atoms with van der Waals surface area (Å²) in [5.41, 5.74) is -0.630. The highest BCUT2D eigenvalue weighted by atomic mass is 79.9. The molecule has 0 spiro atoms. The Morgan fingerprint density at radius 3 is 2.57 bits per heavy atom. The number of nitrogens with zero attached hydrogens (tertiary/aromatic N) is 1. The number of aromatic carboxylic acids is 1. The van der Waals surface area contributed by atoms with Crippen molar-refractivity contribution in [3.8, 4) is 11.5 Å². The fourth-order valence-corrected chi connectivity index (χ4v) is 2.23. The van der Waals surface area contributed by atoms with Crippen LogP contribution < -0.4 is 0 Å². The molecule has 0 aliphatic heterocycles. The van der Waals surface area contributed by atoms with Gasteiger partial charge in [-0.15, -0.1) is 0 Å². The van der Waals surface area contributed by atoms with Crippen molar-refractivity contribution in [1.82, 2.24) is 4.98 Å². The molecule has 4 nitrogen and oxygen atoms in total. The molecular weight excluding hydrogens is 355 g/mol. The lowest BCUT2D eigenvalue weighted by Gasteiger charge is -2.09. The summed E-state index contributed by atoms with van der Waals surface area (Å²) in [7, 11) is 0. The van der Waals surface area contributed by atoms with Crippen molar-refractivity contribution in [3.63, 3.8) is 0 Å². The van der Waals surface area contributed by atoms with Gasteiger partial charge >= 0.3 is 12.1 Å². The number of carboxylic acids is 1. The molecule has 0 saturated carbocycles. The van der Waals surface area contributed by atoms with Crippen molar-refractivity contribution in [3.05, 3.63) is 39.7 Å². The summed E-state index contributed by atoms with van der Waals surface area (Å²) in [5.74, 6) is -1.81. The van der Waals surface area contributed by atoms with Crippen LogP contribution in [0.4, 0.5) is 13.2 Å². The Morgan fingerprint density at radius 1 is 1.43 bits per heavy atom. The Hall–Kier alpha value is -1.83. The van der Waals surface area contributed by atoms with Crippen LogP contribution in [0.2, 0.25) is 0 Å². The molecule has 0 atom stereocenters.